The number of anilines is 1. The minimum Gasteiger partial charge on any atom is -0.486 e. The van der Waals surface area contributed by atoms with Crippen LogP contribution in [0.15, 0.2) is 29.1 Å². The lowest BCUT2D eigenvalue weighted by Gasteiger charge is -2.19. The second kappa shape index (κ2) is 4.22. The van der Waals surface area contributed by atoms with E-state index in [1.807, 2.05) is 0 Å². The smallest absolute Gasteiger partial charge is 0.295 e. The van der Waals surface area contributed by atoms with E-state index in [1.165, 1.54) is 4.57 Å². The maximum absolute atomic E-state index is 14.1. The van der Waals surface area contributed by atoms with E-state index in [4.69, 9.17) is 4.74 Å². The minimum atomic E-state index is -1.81. The molecule has 2 aromatic rings. The molecule has 1 unspecified atom stereocenters. The van der Waals surface area contributed by atoms with Crippen LogP contribution >= 0.6 is 0 Å². The van der Waals surface area contributed by atoms with Crippen LogP contribution in [0.4, 0.5) is 14.6 Å². The second-order valence-electron chi connectivity index (χ2n) is 4.44. The van der Waals surface area contributed by atoms with Gasteiger partial charge in [0.2, 0.25) is 12.0 Å². The molecule has 0 bridgehead atoms. The third-order valence-corrected chi connectivity index (χ3v) is 3.30. The first kappa shape index (κ1) is 12.0. The molecule has 0 spiro atoms. The largest absolute Gasteiger partial charge is 0.486 e. The Kier molecular flexibility index (Phi) is 2.66. The molecule has 1 aliphatic rings. The maximum Gasteiger partial charge on any atom is 0.295 e. The zero-order valence-corrected chi connectivity index (χ0v) is 10.3. The van der Waals surface area contributed by atoms with Gasteiger partial charge >= 0.3 is 0 Å². The van der Waals surface area contributed by atoms with Crippen molar-refractivity contribution in [2.75, 3.05) is 11.7 Å². The second-order valence-corrected chi connectivity index (χ2v) is 4.44. The topological polar surface area (TPSA) is 34.5 Å². The fourth-order valence-electron chi connectivity index (χ4n) is 2.31. The van der Waals surface area contributed by atoms with E-state index in [0.29, 0.717) is 10.9 Å². The Balaban J connectivity index is 2.45. The lowest BCUT2D eigenvalue weighted by molar-refractivity contribution is 0.197. The Bertz CT molecular complexity index is 699. The number of hydrogen-bond donors (Lipinski definition) is 0. The molecule has 19 heavy (non-hydrogen) atoms. The summed E-state index contributed by atoms with van der Waals surface area (Å²) in [5, 5.41) is 0.443. The molecule has 0 saturated heterocycles. The van der Waals surface area contributed by atoms with Gasteiger partial charge in [-0.15, -0.1) is 0 Å². The minimum absolute atomic E-state index is 0.00787. The summed E-state index contributed by atoms with van der Waals surface area (Å²) in [5.41, 5.74) is -0.0549. The van der Waals surface area contributed by atoms with Gasteiger partial charge in [0.15, 0.2) is 0 Å². The fraction of sp³-hybridized carbons (Fsp3) is 0.308. The number of aromatic nitrogens is 1. The molecule has 1 aromatic heterocycles. The zero-order chi connectivity index (χ0) is 13.6. The summed E-state index contributed by atoms with van der Waals surface area (Å²) in [6.07, 6.45) is -1.93. The van der Waals surface area contributed by atoms with Crippen molar-refractivity contribution in [3.05, 3.63) is 34.6 Å². The van der Waals surface area contributed by atoms with Gasteiger partial charge in [-0.3, -0.25) is 4.79 Å². The molecule has 100 valence electrons. The molecule has 0 fully saturated rings. The molecule has 3 rings (SSSR count). The lowest BCUT2D eigenvalue weighted by Crippen LogP contribution is -2.25. The van der Waals surface area contributed by atoms with Crippen LogP contribution in [0.5, 0.6) is 5.75 Å². The van der Waals surface area contributed by atoms with Crippen LogP contribution < -0.4 is 15.4 Å². The first-order chi connectivity index (χ1) is 9.11. The van der Waals surface area contributed by atoms with Crippen LogP contribution in [0, 0.1) is 0 Å². The highest BCUT2D eigenvalue weighted by molar-refractivity contribution is 5.94. The summed E-state index contributed by atoms with van der Waals surface area (Å²) < 4.78 is 34.4. The van der Waals surface area contributed by atoms with Gasteiger partial charge in [0.05, 0.1) is 12.1 Å². The molecule has 4 nitrogen and oxygen atoms in total. The van der Waals surface area contributed by atoms with Crippen molar-refractivity contribution in [1.29, 1.82) is 0 Å². The summed E-state index contributed by atoms with van der Waals surface area (Å²) in [5.74, 6) is -0.135. The summed E-state index contributed by atoms with van der Waals surface area (Å²) in [6.45, 7) is -0.0256. The highest BCUT2D eigenvalue weighted by atomic mass is 19.2. The van der Waals surface area contributed by atoms with Gasteiger partial charge in [0, 0.05) is 18.9 Å². The van der Waals surface area contributed by atoms with Crippen molar-refractivity contribution >= 4 is 16.6 Å². The predicted octanol–water partition coefficient (Wildman–Crippen LogP) is 2.31. The van der Waals surface area contributed by atoms with E-state index >= 15 is 0 Å². The van der Waals surface area contributed by atoms with E-state index in [-0.39, 0.29) is 29.6 Å². The molecule has 2 heterocycles. The van der Waals surface area contributed by atoms with Crippen molar-refractivity contribution in [3.63, 3.8) is 0 Å². The number of nitrogens with zero attached hydrogens (tertiary/aromatic N) is 2. The van der Waals surface area contributed by atoms with Crippen LogP contribution in [-0.4, -0.2) is 17.5 Å². The third-order valence-electron chi connectivity index (χ3n) is 3.30. The van der Waals surface area contributed by atoms with E-state index < -0.39 is 11.9 Å². The number of para-hydroxylation sites is 1. The molecule has 0 radical (unpaired) electrons. The molecule has 0 saturated carbocycles. The van der Waals surface area contributed by atoms with Crippen molar-refractivity contribution < 1.29 is 13.6 Å². The van der Waals surface area contributed by atoms with Crippen molar-refractivity contribution in [1.82, 2.24) is 4.57 Å². The van der Waals surface area contributed by atoms with E-state index in [1.54, 1.807) is 31.3 Å². The first-order valence-corrected chi connectivity index (χ1v) is 5.95. The van der Waals surface area contributed by atoms with Crippen LogP contribution in [0.3, 0.4) is 0 Å². The van der Waals surface area contributed by atoms with Gasteiger partial charge < -0.3 is 9.30 Å². The van der Waals surface area contributed by atoms with Gasteiger partial charge in [-0.25, -0.2) is 4.39 Å². The highest BCUT2D eigenvalue weighted by Gasteiger charge is 2.30. The fourth-order valence-corrected chi connectivity index (χ4v) is 2.31. The number of ether oxygens (including phenoxy) is 1. The molecule has 1 aliphatic heterocycles. The van der Waals surface area contributed by atoms with Crippen molar-refractivity contribution in [3.8, 4) is 5.75 Å². The quantitative estimate of drug-likeness (QED) is 0.542. The van der Waals surface area contributed by atoms with Gasteiger partial charge in [-0.05, 0) is 6.07 Å². The number of aryl methyl sites for hydroxylation is 1. The Hall–Kier alpha value is -2.11. The van der Waals surface area contributed by atoms with E-state index in [2.05, 4.69) is 0 Å². The van der Waals surface area contributed by atoms with Crippen LogP contribution in [-0.2, 0) is 7.05 Å². The number of rotatable bonds is 0. The average Bonchev–Trinajstić information content (AvgIpc) is 2.57. The van der Waals surface area contributed by atoms with Crippen LogP contribution in [0.2, 0.25) is 0 Å². The molecule has 0 amide bonds. The summed E-state index contributed by atoms with van der Waals surface area (Å²) in [6, 6.07) is 6.77. The standard InChI is InChI=1S/C13H12F2N2O2/c1-16-9-5-3-2-4-8(9)11-12(13(16)18)19-7-6-10(14)17(11)15/h2-5,10H,6-7H2,1H3. The van der Waals surface area contributed by atoms with Crippen LogP contribution in [0.1, 0.15) is 6.42 Å². The molecular weight excluding hydrogens is 254 g/mol. The van der Waals surface area contributed by atoms with Crippen LogP contribution in [0.25, 0.3) is 10.9 Å². The van der Waals surface area contributed by atoms with Gasteiger partial charge in [-0.2, -0.15) is 5.12 Å². The molecular formula is C13H12F2N2O2. The van der Waals surface area contributed by atoms with Gasteiger partial charge in [0.25, 0.3) is 5.56 Å². The normalized spacial score (nSPS) is 18.9. The maximum atomic E-state index is 14.1. The van der Waals surface area contributed by atoms with Gasteiger partial charge in [-0.1, -0.05) is 22.7 Å². The Morgan fingerprint density at radius 2 is 2.11 bits per heavy atom. The molecule has 1 atom stereocenters. The third kappa shape index (κ3) is 1.67. The number of pyridine rings is 1. The molecule has 6 heteroatoms. The van der Waals surface area contributed by atoms with E-state index in [0.717, 1.165) is 0 Å². The van der Waals surface area contributed by atoms with E-state index in [9.17, 15) is 13.7 Å². The predicted molar refractivity (Wildman–Crippen MR) is 67.8 cm³/mol. The summed E-state index contributed by atoms with van der Waals surface area (Å²) >= 11 is 0. The lowest BCUT2D eigenvalue weighted by atomic mass is 10.1. The van der Waals surface area contributed by atoms with Gasteiger partial charge in [0.1, 0.15) is 5.69 Å². The SMILES string of the molecule is Cn1c(=O)c2c(c3ccccc31)N(F)C(F)CCO2. The number of hydrogen-bond acceptors (Lipinski definition) is 3. The summed E-state index contributed by atoms with van der Waals surface area (Å²) in [7, 11) is 1.58. The monoisotopic (exact) mass is 266 g/mol. The Morgan fingerprint density at radius 1 is 1.37 bits per heavy atom. The Morgan fingerprint density at radius 3 is 2.89 bits per heavy atom. The molecule has 1 aromatic carbocycles. The average molecular weight is 266 g/mol. The number of halogens is 2. The summed E-state index contributed by atoms with van der Waals surface area (Å²) in [4.78, 5) is 12.2. The Labute approximate surface area is 107 Å². The number of alkyl halides is 1. The zero-order valence-electron chi connectivity index (χ0n) is 10.3. The molecule has 0 N–H and O–H groups in total. The first-order valence-electron chi connectivity index (χ1n) is 5.95. The highest BCUT2D eigenvalue weighted by Crippen LogP contribution is 2.37. The van der Waals surface area contributed by atoms with Crippen molar-refractivity contribution in [2.45, 2.75) is 12.7 Å². The number of fused-ring (bicyclic) bond motifs is 3. The molecule has 0 aliphatic carbocycles. The number of benzene rings is 1. The van der Waals surface area contributed by atoms with Crippen molar-refractivity contribution in [2.24, 2.45) is 7.05 Å².